The van der Waals surface area contributed by atoms with Gasteiger partial charge in [0.15, 0.2) is 0 Å². The fourth-order valence-electron chi connectivity index (χ4n) is 2.31. The van der Waals surface area contributed by atoms with Crippen LogP contribution < -0.4 is 10.2 Å². The molecule has 0 fully saturated rings. The number of hydrazone groups is 1. The molecule has 0 unspecified atom stereocenters. The van der Waals surface area contributed by atoms with Crippen LogP contribution >= 0.6 is 34.8 Å². The number of benzene rings is 3. The Morgan fingerprint density at radius 2 is 1.62 bits per heavy atom. The zero-order valence-electron chi connectivity index (χ0n) is 14.7. The summed E-state index contributed by atoms with van der Waals surface area (Å²) >= 11 is 17.6. The van der Waals surface area contributed by atoms with Gasteiger partial charge in [-0.2, -0.15) is 5.10 Å². The standard InChI is InChI=1S/C21H13Cl3N2O3/c22-15-6-4-14(5-7-15)21(28)29-17-3-1-2-13(10-17)12-25-26-20(27)18-9-8-16(23)11-19(18)24/h1-12H,(H,26,27). The van der Waals surface area contributed by atoms with Crippen LogP contribution in [-0.4, -0.2) is 18.1 Å². The van der Waals surface area contributed by atoms with Crippen molar-refractivity contribution in [1.82, 2.24) is 5.43 Å². The summed E-state index contributed by atoms with van der Waals surface area (Å²) in [7, 11) is 0. The topological polar surface area (TPSA) is 67.8 Å². The first-order valence-corrected chi connectivity index (χ1v) is 9.42. The van der Waals surface area contributed by atoms with E-state index in [2.05, 4.69) is 10.5 Å². The molecule has 0 saturated carbocycles. The van der Waals surface area contributed by atoms with Gasteiger partial charge in [-0.05, 0) is 60.2 Å². The van der Waals surface area contributed by atoms with Crippen LogP contribution in [0.15, 0.2) is 71.8 Å². The SMILES string of the molecule is O=C(Oc1cccc(C=NNC(=O)c2ccc(Cl)cc2Cl)c1)c1ccc(Cl)cc1. The molecule has 0 bridgehead atoms. The van der Waals surface area contributed by atoms with Crippen LogP contribution in [0.25, 0.3) is 0 Å². The number of hydrogen-bond donors (Lipinski definition) is 1. The van der Waals surface area contributed by atoms with Gasteiger partial charge in [-0.25, -0.2) is 10.2 Å². The van der Waals surface area contributed by atoms with E-state index in [0.717, 1.165) is 0 Å². The van der Waals surface area contributed by atoms with E-state index in [1.54, 1.807) is 54.6 Å². The zero-order chi connectivity index (χ0) is 20.8. The lowest BCUT2D eigenvalue weighted by Crippen LogP contribution is -2.18. The van der Waals surface area contributed by atoms with Gasteiger partial charge in [0.05, 0.1) is 22.4 Å². The molecule has 8 heteroatoms. The van der Waals surface area contributed by atoms with Crippen molar-refractivity contribution in [2.45, 2.75) is 0 Å². The number of carbonyl (C=O) groups excluding carboxylic acids is 2. The second-order valence-corrected chi connectivity index (χ2v) is 7.07. The van der Waals surface area contributed by atoms with Crippen molar-refractivity contribution in [3.63, 3.8) is 0 Å². The van der Waals surface area contributed by atoms with E-state index in [0.29, 0.717) is 26.9 Å². The lowest BCUT2D eigenvalue weighted by Gasteiger charge is -2.05. The molecule has 0 aliphatic carbocycles. The average Bonchev–Trinajstić information content (AvgIpc) is 2.68. The molecule has 5 nitrogen and oxygen atoms in total. The van der Waals surface area contributed by atoms with Gasteiger partial charge in [0.25, 0.3) is 5.91 Å². The molecule has 3 aromatic rings. The number of nitrogens with one attached hydrogen (secondary N) is 1. The monoisotopic (exact) mass is 446 g/mol. The Hall–Kier alpha value is -2.86. The summed E-state index contributed by atoms with van der Waals surface area (Å²) in [6.45, 7) is 0. The number of rotatable bonds is 5. The predicted molar refractivity (Wildman–Crippen MR) is 114 cm³/mol. The minimum absolute atomic E-state index is 0.223. The molecule has 0 radical (unpaired) electrons. The minimum atomic E-state index is -0.513. The Balaban J connectivity index is 1.64. The summed E-state index contributed by atoms with van der Waals surface area (Å²) in [6, 6.07) is 17.6. The third-order valence-corrected chi connectivity index (χ3v) is 4.50. The number of amides is 1. The van der Waals surface area contributed by atoms with E-state index in [4.69, 9.17) is 39.5 Å². The molecule has 3 aromatic carbocycles. The van der Waals surface area contributed by atoms with E-state index in [-0.39, 0.29) is 10.6 Å². The van der Waals surface area contributed by atoms with Crippen molar-refractivity contribution in [3.05, 3.63) is 98.5 Å². The quantitative estimate of drug-likeness (QED) is 0.238. The number of carbonyl (C=O) groups is 2. The predicted octanol–water partition coefficient (Wildman–Crippen LogP) is 5.63. The van der Waals surface area contributed by atoms with Crippen molar-refractivity contribution in [2.75, 3.05) is 0 Å². The summed E-state index contributed by atoms with van der Waals surface area (Å²) in [5.74, 6) is -0.657. The molecule has 29 heavy (non-hydrogen) atoms. The molecule has 146 valence electrons. The fraction of sp³-hybridized carbons (Fsp3) is 0. The molecule has 1 N–H and O–H groups in total. The number of nitrogens with zero attached hydrogens (tertiary/aromatic N) is 1. The molecular formula is C21H13Cl3N2O3. The summed E-state index contributed by atoms with van der Waals surface area (Å²) in [5, 5.41) is 5.08. The minimum Gasteiger partial charge on any atom is -0.423 e. The van der Waals surface area contributed by atoms with Gasteiger partial charge in [-0.15, -0.1) is 0 Å². The molecule has 0 spiro atoms. The Morgan fingerprint density at radius 1 is 0.897 bits per heavy atom. The molecule has 0 atom stereocenters. The van der Waals surface area contributed by atoms with E-state index in [1.807, 2.05) is 0 Å². The third kappa shape index (κ3) is 5.81. The van der Waals surface area contributed by atoms with Crippen LogP contribution in [-0.2, 0) is 0 Å². The molecule has 0 aromatic heterocycles. The summed E-state index contributed by atoms with van der Waals surface area (Å²) in [5.41, 5.74) is 3.63. The maximum atomic E-state index is 12.2. The number of halogens is 3. The molecule has 3 rings (SSSR count). The van der Waals surface area contributed by atoms with Gasteiger partial charge in [0.1, 0.15) is 5.75 Å². The highest BCUT2D eigenvalue weighted by Crippen LogP contribution is 2.21. The van der Waals surface area contributed by atoms with Gasteiger partial charge >= 0.3 is 5.97 Å². The Labute approximate surface area is 181 Å². The average molecular weight is 448 g/mol. The first-order chi connectivity index (χ1) is 13.9. The van der Waals surface area contributed by atoms with Crippen LogP contribution in [0.1, 0.15) is 26.3 Å². The number of ether oxygens (including phenoxy) is 1. The van der Waals surface area contributed by atoms with Gasteiger partial charge in [0.2, 0.25) is 0 Å². The highest BCUT2D eigenvalue weighted by molar-refractivity contribution is 6.36. The van der Waals surface area contributed by atoms with Gasteiger partial charge in [-0.3, -0.25) is 4.79 Å². The van der Waals surface area contributed by atoms with Gasteiger partial charge in [0, 0.05) is 10.0 Å². The van der Waals surface area contributed by atoms with Crippen molar-refractivity contribution >= 4 is 52.9 Å². The fourth-order valence-corrected chi connectivity index (χ4v) is 2.93. The number of esters is 1. The summed E-state index contributed by atoms with van der Waals surface area (Å²) in [4.78, 5) is 24.3. The van der Waals surface area contributed by atoms with E-state index in [9.17, 15) is 9.59 Å². The molecule has 1 amide bonds. The highest BCUT2D eigenvalue weighted by atomic mass is 35.5. The Bertz CT molecular complexity index is 1080. The van der Waals surface area contributed by atoms with Crippen LogP contribution in [0.2, 0.25) is 15.1 Å². The third-order valence-electron chi connectivity index (χ3n) is 3.70. The van der Waals surface area contributed by atoms with Crippen molar-refractivity contribution in [2.24, 2.45) is 5.10 Å². The normalized spacial score (nSPS) is 10.7. The van der Waals surface area contributed by atoms with Crippen molar-refractivity contribution in [3.8, 4) is 5.75 Å². The smallest absolute Gasteiger partial charge is 0.343 e. The maximum absolute atomic E-state index is 12.2. The highest BCUT2D eigenvalue weighted by Gasteiger charge is 2.10. The second-order valence-electron chi connectivity index (χ2n) is 5.79. The lowest BCUT2D eigenvalue weighted by atomic mass is 10.2. The largest absolute Gasteiger partial charge is 0.423 e. The Morgan fingerprint density at radius 3 is 2.34 bits per heavy atom. The lowest BCUT2D eigenvalue weighted by molar-refractivity contribution is 0.0734. The van der Waals surface area contributed by atoms with E-state index < -0.39 is 11.9 Å². The maximum Gasteiger partial charge on any atom is 0.343 e. The van der Waals surface area contributed by atoms with Crippen molar-refractivity contribution < 1.29 is 14.3 Å². The summed E-state index contributed by atoms with van der Waals surface area (Å²) < 4.78 is 5.34. The first-order valence-electron chi connectivity index (χ1n) is 8.28. The van der Waals surface area contributed by atoms with Crippen LogP contribution in [0.5, 0.6) is 5.75 Å². The molecule has 0 saturated heterocycles. The van der Waals surface area contributed by atoms with Crippen molar-refractivity contribution in [1.29, 1.82) is 0 Å². The number of hydrogen-bond acceptors (Lipinski definition) is 4. The van der Waals surface area contributed by atoms with Crippen LogP contribution in [0.3, 0.4) is 0 Å². The van der Waals surface area contributed by atoms with Crippen LogP contribution in [0.4, 0.5) is 0 Å². The Kier molecular flexibility index (Phi) is 6.88. The summed E-state index contributed by atoms with van der Waals surface area (Å²) in [6.07, 6.45) is 1.42. The van der Waals surface area contributed by atoms with E-state index in [1.165, 1.54) is 18.3 Å². The molecular weight excluding hydrogens is 435 g/mol. The molecule has 0 aliphatic rings. The van der Waals surface area contributed by atoms with Gasteiger partial charge in [-0.1, -0.05) is 46.9 Å². The molecule has 0 aliphatic heterocycles. The first kappa shape index (κ1) is 20.9. The van der Waals surface area contributed by atoms with Crippen LogP contribution in [0, 0.1) is 0 Å². The van der Waals surface area contributed by atoms with E-state index >= 15 is 0 Å². The zero-order valence-corrected chi connectivity index (χ0v) is 17.0. The molecule has 0 heterocycles. The second kappa shape index (κ2) is 9.56. The van der Waals surface area contributed by atoms with Gasteiger partial charge < -0.3 is 4.74 Å².